The molecule has 0 saturated heterocycles. The monoisotopic (exact) mass is 513 g/mol. The number of phenols is 1. The van der Waals surface area contributed by atoms with Crippen LogP contribution in [0, 0.1) is 0 Å². The molecule has 0 fully saturated rings. The molecule has 0 aliphatic carbocycles. The van der Waals surface area contributed by atoms with Crippen molar-refractivity contribution in [2.45, 2.75) is 35.3 Å². The Kier molecular flexibility index (Phi) is 10.1. The first-order valence-corrected chi connectivity index (χ1v) is 12.0. The average Bonchev–Trinajstić information content (AvgIpc) is 2.77. The first-order valence-electron chi connectivity index (χ1n) is 10.1. The molecule has 0 aliphatic heterocycles. The predicted molar refractivity (Wildman–Crippen MR) is 132 cm³/mol. The van der Waals surface area contributed by atoms with E-state index < -0.39 is 33.2 Å². The molecular weight excluding hydrogens is 489 g/mol. The molecule has 2 atom stereocenters. The topological polar surface area (TPSA) is 124 Å². The van der Waals surface area contributed by atoms with Gasteiger partial charge in [-0.05, 0) is 66.9 Å². The van der Waals surface area contributed by atoms with Crippen molar-refractivity contribution in [3.8, 4) is 5.75 Å². The molecule has 4 N–H and O–H groups in total. The van der Waals surface area contributed by atoms with Crippen molar-refractivity contribution >= 4 is 57.0 Å². The number of benzene rings is 3. The summed E-state index contributed by atoms with van der Waals surface area (Å²) in [7, 11) is -3.95. The van der Waals surface area contributed by atoms with Gasteiger partial charge in [0.15, 0.2) is 0 Å². The molecule has 0 radical (unpaired) electrons. The summed E-state index contributed by atoms with van der Waals surface area (Å²) >= 11 is 5.96. The van der Waals surface area contributed by atoms with Crippen molar-refractivity contribution in [3.63, 3.8) is 0 Å². The molecule has 0 heterocycles. The Morgan fingerprint density at radius 2 is 1.68 bits per heavy atom. The van der Waals surface area contributed by atoms with Crippen LogP contribution < -0.4 is 5.32 Å². The van der Waals surface area contributed by atoms with E-state index in [1.165, 1.54) is 18.2 Å². The van der Waals surface area contributed by atoms with Crippen LogP contribution in [0.2, 0.25) is 5.02 Å². The van der Waals surface area contributed by atoms with Crippen molar-refractivity contribution in [3.05, 3.63) is 88.4 Å². The summed E-state index contributed by atoms with van der Waals surface area (Å²) in [4.78, 5) is 11.0. The third-order valence-electron chi connectivity index (χ3n) is 5.18. The maximum atomic E-state index is 12.9. The van der Waals surface area contributed by atoms with E-state index >= 15 is 0 Å². The van der Waals surface area contributed by atoms with E-state index in [1.807, 2.05) is 6.92 Å². The second-order valence-electron chi connectivity index (χ2n) is 7.72. The van der Waals surface area contributed by atoms with Crippen LogP contribution in [-0.2, 0) is 16.3 Å². The van der Waals surface area contributed by atoms with Gasteiger partial charge in [0.25, 0.3) is 0 Å². The number of carboxylic acid groups (broad SMARTS) is 1. The zero-order valence-electron chi connectivity index (χ0n) is 17.8. The quantitative estimate of drug-likeness (QED) is 0.324. The Morgan fingerprint density at radius 3 is 2.29 bits per heavy atom. The normalized spacial score (nSPS) is 13.0. The van der Waals surface area contributed by atoms with Gasteiger partial charge >= 0.3 is 35.5 Å². The van der Waals surface area contributed by atoms with E-state index in [-0.39, 0.29) is 45.4 Å². The summed E-state index contributed by atoms with van der Waals surface area (Å²) in [6, 6.07) is 16.5. The summed E-state index contributed by atoms with van der Waals surface area (Å²) in [6.07, 6.45) is -0.106. The SMILES string of the molecule is C[C@H](Cc1ccc(S(=O)(=O)c2ccc(O)c(C(=O)O)c2)cc1)NC[C@@H](O)c1cccc(Cl)c1.[NaH]. The molecule has 0 aliphatic rings. The first kappa shape index (κ1) is 28.3. The van der Waals surface area contributed by atoms with E-state index in [1.54, 1.807) is 36.4 Å². The van der Waals surface area contributed by atoms with E-state index in [2.05, 4.69) is 5.32 Å². The zero-order valence-corrected chi connectivity index (χ0v) is 19.3. The molecule has 7 nitrogen and oxygen atoms in total. The van der Waals surface area contributed by atoms with E-state index in [9.17, 15) is 23.4 Å². The molecule has 176 valence electrons. The number of sulfone groups is 1. The number of aromatic carboxylic acids is 1. The molecule has 0 unspecified atom stereocenters. The van der Waals surface area contributed by atoms with Crippen LogP contribution in [0.15, 0.2) is 76.5 Å². The van der Waals surface area contributed by atoms with Crippen molar-refractivity contribution < 1.29 is 28.5 Å². The summed E-state index contributed by atoms with van der Waals surface area (Å²) < 4.78 is 25.7. The van der Waals surface area contributed by atoms with E-state index in [4.69, 9.17) is 16.7 Å². The van der Waals surface area contributed by atoms with Gasteiger partial charge in [0, 0.05) is 17.6 Å². The second kappa shape index (κ2) is 12.2. The van der Waals surface area contributed by atoms with Gasteiger partial charge in [-0.3, -0.25) is 0 Å². The Morgan fingerprint density at radius 1 is 1.03 bits per heavy atom. The number of aromatic hydroxyl groups is 1. The second-order valence-corrected chi connectivity index (χ2v) is 10.1. The van der Waals surface area contributed by atoms with Crippen LogP contribution >= 0.6 is 11.6 Å². The van der Waals surface area contributed by atoms with Crippen molar-refractivity contribution in [1.82, 2.24) is 5.32 Å². The van der Waals surface area contributed by atoms with Crippen LogP contribution in [0.25, 0.3) is 0 Å². The number of carbonyl (C=O) groups is 1. The standard InChI is InChI=1S/C24H24ClNO6S.Na.H/c1-15(26-14-23(28)17-3-2-4-18(25)12-17)11-16-5-7-19(8-6-16)33(31,32)20-9-10-22(27)21(13-20)24(29)30;;/h2-10,12-13,15,23,26-28H,11,14H2,1H3,(H,29,30);;/t15-,23-;;/m1../s1. The number of aliphatic hydroxyl groups is 1. The number of rotatable bonds is 9. The van der Waals surface area contributed by atoms with Crippen molar-refractivity contribution in [2.24, 2.45) is 0 Å². The minimum atomic E-state index is -3.95. The molecule has 34 heavy (non-hydrogen) atoms. The van der Waals surface area contributed by atoms with E-state index in [0.717, 1.165) is 23.3 Å². The molecule has 0 bridgehead atoms. The van der Waals surface area contributed by atoms with Crippen molar-refractivity contribution in [2.75, 3.05) is 6.54 Å². The fraction of sp³-hybridized carbons (Fsp3) is 0.208. The van der Waals surface area contributed by atoms with Gasteiger partial charge in [0.1, 0.15) is 11.3 Å². The van der Waals surface area contributed by atoms with Crippen LogP contribution in [0.5, 0.6) is 5.75 Å². The van der Waals surface area contributed by atoms with Gasteiger partial charge in [-0.25, -0.2) is 13.2 Å². The minimum absolute atomic E-state index is 0. The van der Waals surface area contributed by atoms with Gasteiger partial charge < -0.3 is 20.6 Å². The molecular formula is C24H25ClNNaO6S. The maximum absolute atomic E-state index is 12.9. The number of nitrogens with one attached hydrogen (secondary N) is 1. The molecule has 0 spiro atoms. The Balaban J connectivity index is 0.00000408. The third-order valence-corrected chi connectivity index (χ3v) is 7.18. The van der Waals surface area contributed by atoms with Crippen LogP contribution in [0.3, 0.4) is 0 Å². The van der Waals surface area contributed by atoms with Gasteiger partial charge in [-0.15, -0.1) is 0 Å². The molecule has 3 aromatic carbocycles. The van der Waals surface area contributed by atoms with Crippen LogP contribution in [0.1, 0.15) is 34.5 Å². The van der Waals surface area contributed by atoms with Gasteiger partial charge in [-0.1, -0.05) is 35.9 Å². The zero-order chi connectivity index (χ0) is 24.2. The number of hydrogen-bond acceptors (Lipinski definition) is 6. The predicted octanol–water partition coefficient (Wildman–Crippen LogP) is 3.18. The number of carboxylic acids is 1. The van der Waals surface area contributed by atoms with E-state index in [0.29, 0.717) is 18.0 Å². The summed E-state index contributed by atoms with van der Waals surface area (Å²) in [5.74, 6) is -1.92. The molecule has 0 saturated carbocycles. The number of hydrogen-bond donors (Lipinski definition) is 4. The first-order chi connectivity index (χ1) is 15.6. The fourth-order valence-corrected chi connectivity index (χ4v) is 4.85. The molecule has 0 aromatic heterocycles. The van der Waals surface area contributed by atoms with Crippen molar-refractivity contribution in [1.29, 1.82) is 0 Å². The average molecular weight is 514 g/mol. The molecule has 3 aromatic rings. The Labute approximate surface area is 225 Å². The molecule has 3 rings (SSSR count). The fourth-order valence-electron chi connectivity index (χ4n) is 3.36. The Hall–Kier alpha value is -1.91. The van der Waals surface area contributed by atoms with Gasteiger partial charge in [0.05, 0.1) is 15.9 Å². The molecule has 0 amide bonds. The van der Waals surface area contributed by atoms with Crippen LogP contribution in [-0.4, -0.2) is 71.9 Å². The molecule has 10 heteroatoms. The number of aliphatic hydroxyl groups excluding tert-OH is 1. The number of halogens is 1. The summed E-state index contributed by atoms with van der Waals surface area (Å²) in [5, 5.41) is 32.9. The van der Waals surface area contributed by atoms with Gasteiger partial charge in [-0.2, -0.15) is 0 Å². The van der Waals surface area contributed by atoms with Crippen LogP contribution in [0.4, 0.5) is 0 Å². The summed E-state index contributed by atoms with van der Waals surface area (Å²) in [5.41, 5.74) is 1.13. The van der Waals surface area contributed by atoms with Gasteiger partial charge in [0.2, 0.25) is 9.84 Å². The third kappa shape index (κ3) is 7.05. The summed E-state index contributed by atoms with van der Waals surface area (Å²) in [6.45, 7) is 2.29. The Bertz CT molecular complexity index is 1250.